The molecule has 12 amide bonds. The lowest BCUT2D eigenvalue weighted by molar-refractivity contribution is -0.274. The molecule has 32 heteroatoms. The Morgan fingerprint density at radius 2 is 1.20 bits per heavy atom. The lowest BCUT2D eigenvalue weighted by Gasteiger charge is -2.45. The normalized spacial score (nSPS) is 24.7. The first-order valence-corrected chi connectivity index (χ1v) is 35.8. The summed E-state index contributed by atoms with van der Waals surface area (Å²) in [4.78, 5) is 189. The minimum absolute atomic E-state index is 0.0292. The quantitative estimate of drug-likeness (QED) is 0.165. The maximum Gasteiger partial charge on any atom is 0.573 e. The van der Waals surface area contributed by atoms with Crippen LogP contribution in [0.2, 0.25) is 5.02 Å². The van der Waals surface area contributed by atoms with Crippen molar-refractivity contribution in [2.45, 2.75) is 198 Å². The zero-order chi connectivity index (χ0) is 79.5. The summed E-state index contributed by atoms with van der Waals surface area (Å²) in [5.41, 5.74) is -1.23. The van der Waals surface area contributed by atoms with Crippen LogP contribution in [0.3, 0.4) is 0 Å². The van der Waals surface area contributed by atoms with Crippen LogP contribution in [0.25, 0.3) is 0 Å². The van der Waals surface area contributed by atoms with Gasteiger partial charge in [-0.25, -0.2) is 0 Å². The maximum atomic E-state index is 15.6. The number of carbonyl (C=O) groups excluding carboxylic acids is 12. The van der Waals surface area contributed by atoms with E-state index in [0.717, 1.165) is 75.1 Å². The molecule has 0 aromatic heterocycles. The van der Waals surface area contributed by atoms with E-state index in [9.17, 15) is 59.9 Å². The summed E-state index contributed by atoms with van der Waals surface area (Å²) in [6.45, 7) is 10.9. The van der Waals surface area contributed by atoms with Gasteiger partial charge in [-0.15, -0.1) is 13.2 Å². The van der Waals surface area contributed by atoms with E-state index in [1.54, 1.807) is 52.0 Å². The van der Waals surface area contributed by atoms with Gasteiger partial charge in [0.2, 0.25) is 70.9 Å². The number of carbonyl (C=O) groups is 12. The first-order valence-electron chi connectivity index (χ1n) is 35.4. The molecule has 25 nitrogen and oxygen atoms in total. The average molecular weight is 1520 g/mol. The molecule has 6 rings (SSSR count). The molecule has 0 radical (unpaired) electrons. The van der Waals surface area contributed by atoms with Gasteiger partial charge >= 0.3 is 12.5 Å². The van der Waals surface area contributed by atoms with E-state index >= 15 is 24.0 Å². The van der Waals surface area contributed by atoms with Crippen LogP contribution in [0, 0.1) is 18.8 Å². The molecule has 3 aromatic rings. The summed E-state index contributed by atoms with van der Waals surface area (Å²) in [7, 11) is 11.9. The molecule has 2 saturated heterocycles. The van der Waals surface area contributed by atoms with Crippen molar-refractivity contribution in [1.29, 1.82) is 0 Å². The predicted molar refractivity (Wildman–Crippen MR) is 380 cm³/mol. The van der Waals surface area contributed by atoms with Gasteiger partial charge in [-0.1, -0.05) is 113 Å². The molecule has 1 aliphatic carbocycles. The van der Waals surface area contributed by atoms with Crippen molar-refractivity contribution < 1.29 is 88.6 Å². The van der Waals surface area contributed by atoms with E-state index in [2.05, 4.69) is 20.7 Å². The van der Waals surface area contributed by atoms with Crippen LogP contribution < -0.4 is 20.7 Å². The molecule has 11 atom stereocenters. The number of alkyl halides is 6. The van der Waals surface area contributed by atoms with Gasteiger partial charge in [0.15, 0.2) is 0 Å². The summed E-state index contributed by atoms with van der Waals surface area (Å²) in [6, 6.07) is 1.55. The molecular weight excluding hydrogens is 1410 g/mol. The Balaban J connectivity index is 1.51. The molecule has 0 bridgehead atoms. The lowest BCUT2D eigenvalue weighted by Crippen LogP contribution is -2.65. The van der Waals surface area contributed by atoms with Gasteiger partial charge in [-0.3, -0.25) is 57.5 Å². The third-order valence-corrected chi connectivity index (χ3v) is 21.4. The first kappa shape index (κ1) is 85.9. The van der Waals surface area contributed by atoms with Gasteiger partial charge in [-0.2, -0.15) is 13.2 Å². The molecule has 3 aliphatic rings. The van der Waals surface area contributed by atoms with Crippen molar-refractivity contribution in [3.05, 3.63) is 99.6 Å². The van der Waals surface area contributed by atoms with Gasteiger partial charge < -0.3 is 64.8 Å². The van der Waals surface area contributed by atoms with Crippen LogP contribution in [-0.2, 0) is 83.0 Å². The van der Waals surface area contributed by atoms with Gasteiger partial charge in [0.05, 0.1) is 23.6 Å². The van der Waals surface area contributed by atoms with Crippen LogP contribution in [0.1, 0.15) is 127 Å². The number of rotatable bonds is 13. The Morgan fingerprint density at radius 3 is 1.73 bits per heavy atom. The molecule has 1 spiro atoms. The van der Waals surface area contributed by atoms with Gasteiger partial charge in [0, 0.05) is 82.8 Å². The monoisotopic (exact) mass is 1510 g/mol. The average Bonchev–Trinajstić information content (AvgIpc) is 1.72. The number of likely N-dealkylation sites (N-methyl/N-ethyl adjacent to an activating group) is 8. The molecule has 2 heterocycles. The topological polar surface area (TPSA) is 279 Å². The Kier molecular flexibility index (Phi) is 29.2. The van der Waals surface area contributed by atoms with Crippen LogP contribution in [-0.4, -0.2) is 258 Å². The Labute approximate surface area is 620 Å². The zero-order valence-corrected chi connectivity index (χ0v) is 63.8. The third kappa shape index (κ3) is 20.8. The maximum absolute atomic E-state index is 15.6. The number of amides is 12. The Morgan fingerprint density at radius 1 is 0.642 bits per heavy atom. The highest BCUT2D eigenvalue weighted by molar-refractivity contribution is 6.31. The molecule has 1 saturated carbocycles. The molecule has 3 fully saturated rings. The van der Waals surface area contributed by atoms with Crippen molar-refractivity contribution >= 4 is 82.5 Å². The molecular formula is C74H101ClF6N12O13. The van der Waals surface area contributed by atoms with E-state index in [1.165, 1.54) is 94.3 Å². The molecule has 3 aromatic carbocycles. The van der Waals surface area contributed by atoms with Crippen molar-refractivity contribution in [3.8, 4) is 5.75 Å². The highest BCUT2D eigenvalue weighted by Crippen LogP contribution is 2.37. The number of nitrogens with zero attached hydrogens (tertiary/aromatic N) is 9. The van der Waals surface area contributed by atoms with Crippen LogP contribution in [0.5, 0.6) is 5.75 Å². The van der Waals surface area contributed by atoms with E-state index in [1.807, 2.05) is 6.92 Å². The van der Waals surface area contributed by atoms with Crippen molar-refractivity contribution in [2.24, 2.45) is 11.8 Å². The number of halogens is 7. The largest absolute Gasteiger partial charge is 0.573 e. The minimum Gasteiger partial charge on any atom is -0.406 e. The second-order valence-electron chi connectivity index (χ2n) is 28.6. The van der Waals surface area contributed by atoms with Crippen molar-refractivity contribution in [2.75, 3.05) is 76.5 Å². The molecule has 584 valence electrons. The molecule has 2 aliphatic heterocycles. The highest BCUT2D eigenvalue weighted by Gasteiger charge is 2.51. The van der Waals surface area contributed by atoms with Crippen molar-refractivity contribution in [3.63, 3.8) is 0 Å². The van der Waals surface area contributed by atoms with E-state index < -0.39 is 197 Å². The predicted octanol–water partition coefficient (Wildman–Crippen LogP) is 6.03. The summed E-state index contributed by atoms with van der Waals surface area (Å²) in [5.74, 6) is -11.6. The summed E-state index contributed by atoms with van der Waals surface area (Å²) < 4.78 is 86.4. The second-order valence-corrected chi connectivity index (χ2v) is 29.0. The van der Waals surface area contributed by atoms with E-state index in [4.69, 9.17) is 11.6 Å². The third-order valence-electron chi connectivity index (χ3n) is 21.1. The number of benzene rings is 3. The Hall–Kier alpha value is -9.03. The zero-order valence-electron chi connectivity index (χ0n) is 63.1. The minimum atomic E-state index is -5.10. The highest BCUT2D eigenvalue weighted by atomic mass is 35.5. The number of fused-ring (bicyclic) bond motifs is 1. The summed E-state index contributed by atoms with van der Waals surface area (Å²) in [5, 5.41) is 7.63. The number of hydrogen-bond donors (Lipinski definition) is 3. The summed E-state index contributed by atoms with van der Waals surface area (Å²) in [6.07, 6.45) is -10.5. The van der Waals surface area contributed by atoms with E-state index in [-0.39, 0.29) is 56.2 Å². The lowest BCUT2D eigenvalue weighted by atomic mass is 9.90. The van der Waals surface area contributed by atoms with Crippen LogP contribution in [0.4, 0.5) is 26.3 Å². The molecule has 1 unspecified atom stereocenters. The smallest absolute Gasteiger partial charge is 0.406 e. The molecule has 3 N–H and O–H groups in total. The first-order chi connectivity index (χ1) is 49.4. The van der Waals surface area contributed by atoms with Crippen LogP contribution >= 0.6 is 11.6 Å². The number of nitrogens with one attached hydrogen (secondary N) is 3. The standard InChI is InChI=1S/C74H101ClF6N12O13/c1-17-43(4)60-69(103)88(12)46(7)64(98)93-36-33-54(93)68(102)90(14)56(39-48-23-21-42(3)22-24-48)67(101)86(10)41-58(94)82-53(32-28-47-27-31-51(52(75)37-47)73(76,77)78)65(99)89(13)55(38-49-25-29-50(30-26-49)106-74(79,80)81)63(97)84-72(34-19-20-35-72)71(105)92(16)61(44(5)18-2)70(104)91(15)57(66(100)85(8)9)40-59(95)87(11)45(6)62(96)83-60/h21-27,29-31,37,43-46,53-57,60-61H,17-20,28,32-36,38-41H2,1-16H3,(H,82,94)(H,83,96)(H,84,97)/t43-,44-,45-,46-,53-,54?,55-,56-,57-,60-,61-/m0/s1. The van der Waals surface area contributed by atoms with Crippen LogP contribution in [0.15, 0.2) is 66.7 Å². The number of hydrogen-bond acceptors (Lipinski definition) is 13. The second kappa shape index (κ2) is 36.0. The fourth-order valence-corrected chi connectivity index (χ4v) is 13.8. The molecule has 106 heavy (non-hydrogen) atoms. The van der Waals surface area contributed by atoms with Gasteiger partial charge in [0.25, 0.3) is 0 Å². The van der Waals surface area contributed by atoms with Gasteiger partial charge in [0.1, 0.15) is 65.7 Å². The Bertz CT molecular complexity index is 3710. The van der Waals surface area contributed by atoms with Gasteiger partial charge in [-0.05, 0) is 106 Å². The summed E-state index contributed by atoms with van der Waals surface area (Å²) >= 11 is 6.16. The fourth-order valence-electron chi connectivity index (χ4n) is 13.5. The fraction of sp³-hybridized carbons (Fsp3) is 0.595. The van der Waals surface area contributed by atoms with Crippen molar-refractivity contribution in [1.82, 2.24) is 60.0 Å². The van der Waals surface area contributed by atoms with E-state index in [0.29, 0.717) is 24.8 Å². The SMILES string of the molecule is CC[C@H](C)[C@@H]1NC(=O)[C@H](C)N(C)C(=O)C[C@@H](C(=O)N(C)C)N(C)C(=O)[C@H]([C@@H](C)CC)N(C)C(=O)C2(CCCC2)NC(=O)[C@H](Cc2ccc(OC(F)(F)F)cc2)N(C)C(=O)[C@H](CCc2ccc(C(F)(F)F)c(Cl)c2)NC(=O)CN(C)C(=O)[C@H](Cc2ccc(C)cc2)N(C)C(=O)C2CCN2C(=O)[C@H](C)N(C)C1=O. The number of aryl methyl sites for hydroxylation is 2. The number of ether oxygens (including phenoxy) is 1.